The van der Waals surface area contributed by atoms with Crippen molar-refractivity contribution in [1.29, 1.82) is 0 Å². The van der Waals surface area contributed by atoms with Crippen molar-refractivity contribution in [2.24, 2.45) is 5.92 Å². The number of nitrogens with zero attached hydrogens (tertiary/aromatic N) is 1. The van der Waals surface area contributed by atoms with Gasteiger partial charge in [-0.1, -0.05) is 5.57 Å². The molecule has 7 heteroatoms. The van der Waals surface area contributed by atoms with Crippen molar-refractivity contribution in [3.63, 3.8) is 0 Å². The quantitative estimate of drug-likeness (QED) is 0.303. The number of esters is 1. The molecule has 7 nitrogen and oxygen atoms in total. The first-order valence-electron chi connectivity index (χ1n) is 10.2. The number of rotatable bonds is 2. The molecule has 0 aromatic heterocycles. The van der Waals surface area contributed by atoms with Crippen LogP contribution in [0.1, 0.15) is 59.8 Å². The van der Waals surface area contributed by atoms with Gasteiger partial charge < -0.3 is 14.2 Å². The predicted molar refractivity (Wildman–Crippen MR) is 103 cm³/mol. The van der Waals surface area contributed by atoms with Crippen LogP contribution in [0.3, 0.4) is 0 Å². The molecule has 156 valence electrons. The maximum atomic E-state index is 13.2. The van der Waals surface area contributed by atoms with Gasteiger partial charge in [-0.25, -0.2) is 14.5 Å². The van der Waals surface area contributed by atoms with E-state index in [0.717, 1.165) is 32.1 Å². The number of fused-ring (bicyclic) bond motifs is 2. The highest BCUT2D eigenvalue weighted by Gasteiger charge is 2.54. The van der Waals surface area contributed by atoms with Gasteiger partial charge in [-0.3, -0.25) is 4.79 Å². The van der Waals surface area contributed by atoms with Gasteiger partial charge in [0.1, 0.15) is 5.60 Å². The number of imide groups is 1. The van der Waals surface area contributed by atoms with E-state index in [1.807, 2.05) is 0 Å². The van der Waals surface area contributed by atoms with Crippen LogP contribution in [0.15, 0.2) is 34.6 Å². The fourth-order valence-corrected chi connectivity index (χ4v) is 4.60. The van der Waals surface area contributed by atoms with Crippen LogP contribution in [-0.4, -0.2) is 40.8 Å². The number of ether oxygens (including phenoxy) is 3. The molecule has 0 aromatic rings. The number of carbonyl (C=O) groups excluding carboxylic acids is 3. The van der Waals surface area contributed by atoms with Crippen molar-refractivity contribution in [2.75, 3.05) is 0 Å². The Morgan fingerprint density at radius 3 is 2.62 bits per heavy atom. The van der Waals surface area contributed by atoms with Crippen molar-refractivity contribution in [3.05, 3.63) is 34.6 Å². The fraction of sp³-hybridized carbons (Fsp3) is 0.591. The van der Waals surface area contributed by atoms with E-state index >= 15 is 0 Å². The Morgan fingerprint density at radius 1 is 1.24 bits per heavy atom. The van der Waals surface area contributed by atoms with Crippen LogP contribution in [0, 0.1) is 5.92 Å². The van der Waals surface area contributed by atoms with E-state index in [2.05, 4.69) is 0 Å². The molecular formula is C22H27NO6. The predicted octanol–water partition coefficient (Wildman–Crippen LogP) is 3.75. The first-order valence-corrected chi connectivity index (χ1v) is 10.2. The summed E-state index contributed by atoms with van der Waals surface area (Å²) in [6.45, 7) is 7.00. The lowest BCUT2D eigenvalue weighted by Crippen LogP contribution is -2.43. The number of hydrogen-bond donors (Lipinski definition) is 0. The van der Waals surface area contributed by atoms with E-state index in [1.54, 1.807) is 33.8 Å². The second kappa shape index (κ2) is 7.04. The molecule has 2 amide bonds. The Labute approximate surface area is 170 Å². The SMILES string of the molecule is CC1=C[C@H](O/C=C2/C(=O)N(C(=O)OC(C)(C)C)[C@@H]3C4=C(CCCC4)CC23)OC1=O. The highest BCUT2D eigenvalue weighted by molar-refractivity contribution is 6.06. The summed E-state index contributed by atoms with van der Waals surface area (Å²) in [6, 6.07) is -0.300. The average molecular weight is 401 g/mol. The van der Waals surface area contributed by atoms with Gasteiger partial charge in [0.05, 0.1) is 17.9 Å². The van der Waals surface area contributed by atoms with Crippen LogP contribution in [0.5, 0.6) is 0 Å². The van der Waals surface area contributed by atoms with E-state index in [9.17, 15) is 14.4 Å². The molecule has 1 unspecified atom stereocenters. The van der Waals surface area contributed by atoms with E-state index < -0.39 is 29.9 Å². The van der Waals surface area contributed by atoms with Crippen molar-refractivity contribution in [2.45, 2.75) is 77.7 Å². The van der Waals surface area contributed by atoms with Crippen molar-refractivity contribution >= 4 is 18.0 Å². The second-order valence-electron chi connectivity index (χ2n) is 9.08. The first kappa shape index (κ1) is 19.7. The van der Waals surface area contributed by atoms with Crippen molar-refractivity contribution in [1.82, 2.24) is 4.90 Å². The van der Waals surface area contributed by atoms with Crippen LogP contribution in [0.2, 0.25) is 0 Å². The van der Waals surface area contributed by atoms with Crippen LogP contribution < -0.4 is 0 Å². The Kier molecular flexibility index (Phi) is 4.79. The zero-order chi connectivity index (χ0) is 20.9. The maximum Gasteiger partial charge on any atom is 0.417 e. The standard InChI is InChI=1S/C22H27NO6/c1-12-9-17(28-20(12)25)27-11-16-15-10-13-7-5-6-8-14(13)18(15)23(19(16)24)21(26)29-22(2,3)4/h9,11,15,17-18H,5-8,10H2,1-4H3/b16-11+/t15?,17-,18-/m1/s1. The molecule has 0 aromatic carbocycles. The molecule has 4 rings (SSSR count). The molecule has 1 saturated heterocycles. The lowest BCUT2D eigenvalue weighted by Gasteiger charge is -2.29. The van der Waals surface area contributed by atoms with Crippen molar-refractivity contribution < 1.29 is 28.6 Å². The zero-order valence-corrected chi connectivity index (χ0v) is 17.3. The molecular weight excluding hydrogens is 374 g/mol. The summed E-state index contributed by atoms with van der Waals surface area (Å²) < 4.78 is 16.2. The molecule has 0 N–H and O–H groups in total. The van der Waals surface area contributed by atoms with Crippen LogP contribution in [0.25, 0.3) is 0 Å². The van der Waals surface area contributed by atoms with Crippen molar-refractivity contribution in [3.8, 4) is 0 Å². The third-order valence-electron chi connectivity index (χ3n) is 5.83. The van der Waals surface area contributed by atoms with Gasteiger partial charge in [-0.2, -0.15) is 0 Å². The zero-order valence-electron chi connectivity index (χ0n) is 17.3. The van der Waals surface area contributed by atoms with Crippen LogP contribution >= 0.6 is 0 Å². The minimum atomic E-state index is -0.846. The number of amides is 2. The Balaban J connectivity index is 1.62. The molecule has 2 heterocycles. The Bertz CT molecular complexity index is 859. The lowest BCUT2D eigenvalue weighted by atomic mass is 9.92. The summed E-state index contributed by atoms with van der Waals surface area (Å²) >= 11 is 0. The third-order valence-corrected chi connectivity index (χ3v) is 5.83. The lowest BCUT2D eigenvalue weighted by molar-refractivity contribution is -0.152. The van der Waals surface area contributed by atoms with E-state index in [4.69, 9.17) is 14.2 Å². The molecule has 3 atom stereocenters. The van der Waals surface area contributed by atoms with Gasteiger partial charge in [-0.05, 0) is 65.4 Å². The molecule has 0 spiro atoms. The first-order chi connectivity index (χ1) is 13.7. The minimum absolute atomic E-state index is 0.139. The molecule has 0 radical (unpaired) electrons. The van der Waals surface area contributed by atoms with Gasteiger partial charge in [0.25, 0.3) is 12.2 Å². The van der Waals surface area contributed by atoms with Gasteiger partial charge in [0.15, 0.2) is 0 Å². The van der Waals surface area contributed by atoms with E-state index in [-0.39, 0.29) is 12.0 Å². The number of cyclic esters (lactones) is 1. The Hall–Kier alpha value is -2.57. The average Bonchev–Trinajstić information content (AvgIpc) is 3.23. The molecule has 1 fully saturated rings. The summed E-state index contributed by atoms with van der Waals surface area (Å²) in [7, 11) is 0. The third kappa shape index (κ3) is 3.58. The monoisotopic (exact) mass is 401 g/mol. The highest BCUT2D eigenvalue weighted by atomic mass is 16.7. The van der Waals surface area contributed by atoms with Gasteiger partial charge >= 0.3 is 12.1 Å². The van der Waals surface area contributed by atoms with Gasteiger partial charge in [0, 0.05) is 17.6 Å². The molecule has 2 aliphatic carbocycles. The highest BCUT2D eigenvalue weighted by Crippen LogP contribution is 2.50. The molecule has 0 saturated carbocycles. The molecule has 4 aliphatic rings. The topological polar surface area (TPSA) is 82.1 Å². The van der Waals surface area contributed by atoms with E-state index in [1.165, 1.54) is 22.3 Å². The number of carbonyl (C=O) groups is 3. The summed E-state index contributed by atoms with van der Waals surface area (Å²) in [5.74, 6) is -0.964. The molecule has 0 bridgehead atoms. The number of likely N-dealkylation sites (tertiary alicyclic amines) is 1. The smallest absolute Gasteiger partial charge is 0.417 e. The maximum absolute atomic E-state index is 13.2. The van der Waals surface area contributed by atoms with Crippen LogP contribution in [-0.2, 0) is 23.8 Å². The molecule has 29 heavy (non-hydrogen) atoms. The normalized spacial score (nSPS) is 30.3. The summed E-state index contributed by atoms with van der Waals surface area (Å²) in [5.41, 5.74) is 2.76. The van der Waals surface area contributed by atoms with Gasteiger partial charge in [-0.15, -0.1) is 0 Å². The van der Waals surface area contributed by atoms with E-state index in [0.29, 0.717) is 11.1 Å². The number of allylic oxidation sites excluding steroid dienone is 1. The molecule has 2 aliphatic heterocycles. The second-order valence-corrected chi connectivity index (χ2v) is 9.08. The minimum Gasteiger partial charge on any atom is -0.458 e. The number of hydrogen-bond acceptors (Lipinski definition) is 6. The van der Waals surface area contributed by atoms with Gasteiger partial charge in [0.2, 0.25) is 0 Å². The van der Waals surface area contributed by atoms with Crippen LogP contribution in [0.4, 0.5) is 4.79 Å². The Morgan fingerprint density at radius 2 is 1.97 bits per heavy atom. The summed E-state index contributed by atoms with van der Waals surface area (Å²) in [6.07, 6.45) is 6.33. The summed E-state index contributed by atoms with van der Waals surface area (Å²) in [4.78, 5) is 38.9. The fourth-order valence-electron chi connectivity index (χ4n) is 4.60. The largest absolute Gasteiger partial charge is 0.458 e. The summed E-state index contributed by atoms with van der Waals surface area (Å²) in [5, 5.41) is 0.